The second kappa shape index (κ2) is 6.17. The minimum absolute atomic E-state index is 0.323. The van der Waals surface area contributed by atoms with Gasteiger partial charge in [0, 0.05) is 11.9 Å². The summed E-state index contributed by atoms with van der Waals surface area (Å²) in [7, 11) is 2.07. The normalized spacial score (nSPS) is 14.1. The van der Waals surface area contributed by atoms with Gasteiger partial charge < -0.3 is 10.0 Å². The number of thiophene rings is 1. The van der Waals surface area contributed by atoms with Crippen molar-refractivity contribution < 1.29 is 5.11 Å². The van der Waals surface area contributed by atoms with E-state index < -0.39 is 6.10 Å². The molecular formula is C15H20N2OS. The number of anilines is 1. The van der Waals surface area contributed by atoms with Gasteiger partial charge in [-0.25, -0.2) is 0 Å². The molecule has 2 rings (SSSR count). The monoisotopic (exact) mass is 276 g/mol. The molecule has 0 aliphatic heterocycles. The van der Waals surface area contributed by atoms with Crippen molar-refractivity contribution in [3.05, 3.63) is 46.4 Å². The maximum Gasteiger partial charge on any atom is 0.0957 e. The smallest absolute Gasteiger partial charge is 0.0957 e. The second-order valence-corrected chi connectivity index (χ2v) is 5.65. The van der Waals surface area contributed by atoms with Gasteiger partial charge in [0.25, 0.3) is 0 Å². The second-order valence-electron chi connectivity index (χ2n) is 4.67. The van der Waals surface area contributed by atoms with Gasteiger partial charge in [-0.1, -0.05) is 13.0 Å². The molecular weight excluding hydrogens is 256 g/mol. The van der Waals surface area contributed by atoms with Crippen molar-refractivity contribution in [3.8, 4) is 0 Å². The highest BCUT2D eigenvalue weighted by Gasteiger charge is 2.14. The van der Waals surface area contributed by atoms with Gasteiger partial charge in [0.05, 0.1) is 29.7 Å². The van der Waals surface area contributed by atoms with Crippen LogP contribution >= 0.6 is 11.3 Å². The highest BCUT2D eigenvalue weighted by Crippen LogP contribution is 2.28. The topological polar surface area (TPSA) is 36.4 Å². The summed E-state index contributed by atoms with van der Waals surface area (Å²) in [5.74, 6) is 0. The molecule has 19 heavy (non-hydrogen) atoms. The van der Waals surface area contributed by atoms with Crippen molar-refractivity contribution in [3.63, 3.8) is 0 Å². The minimum Gasteiger partial charge on any atom is -0.387 e. The number of pyridine rings is 1. The molecule has 102 valence electrons. The minimum atomic E-state index is -0.464. The Labute approximate surface area is 118 Å². The summed E-state index contributed by atoms with van der Waals surface area (Å²) < 4.78 is 0. The van der Waals surface area contributed by atoms with Crippen molar-refractivity contribution >= 4 is 17.0 Å². The molecule has 1 N–H and O–H groups in total. The van der Waals surface area contributed by atoms with E-state index in [1.165, 1.54) is 4.88 Å². The van der Waals surface area contributed by atoms with Crippen molar-refractivity contribution in [1.29, 1.82) is 0 Å². The predicted octanol–water partition coefficient (Wildman–Crippen LogP) is 3.78. The third-order valence-corrected chi connectivity index (χ3v) is 4.48. The molecule has 4 heteroatoms. The molecule has 0 aliphatic rings. The summed E-state index contributed by atoms with van der Waals surface area (Å²) in [6.45, 7) is 4.13. The van der Waals surface area contributed by atoms with Gasteiger partial charge in [-0.3, -0.25) is 4.98 Å². The molecule has 0 saturated heterocycles. The summed E-state index contributed by atoms with van der Waals surface area (Å²) in [4.78, 5) is 7.87. The zero-order valence-corrected chi connectivity index (χ0v) is 12.4. The number of rotatable bonds is 5. The molecule has 2 atom stereocenters. The molecule has 1 unspecified atom stereocenters. The van der Waals surface area contributed by atoms with E-state index in [1.807, 2.05) is 25.3 Å². The highest BCUT2D eigenvalue weighted by molar-refractivity contribution is 7.10. The van der Waals surface area contributed by atoms with E-state index in [0.29, 0.717) is 12.5 Å². The van der Waals surface area contributed by atoms with Crippen LogP contribution in [0.4, 0.5) is 5.69 Å². The van der Waals surface area contributed by atoms with Gasteiger partial charge in [0.15, 0.2) is 0 Å². The Kier molecular flexibility index (Phi) is 4.56. The number of nitrogens with zero attached hydrogens (tertiary/aromatic N) is 2. The first-order valence-corrected chi connectivity index (χ1v) is 7.41. The number of aromatic nitrogens is 1. The summed E-state index contributed by atoms with van der Waals surface area (Å²) in [5.41, 5.74) is 1.80. The van der Waals surface area contributed by atoms with E-state index in [9.17, 15) is 5.11 Å². The fourth-order valence-electron chi connectivity index (χ4n) is 1.96. The number of hydrogen-bond donors (Lipinski definition) is 1. The average Bonchev–Trinajstić information content (AvgIpc) is 2.99. The van der Waals surface area contributed by atoms with Crippen LogP contribution in [0.5, 0.6) is 0 Å². The Morgan fingerprint density at radius 3 is 2.68 bits per heavy atom. The molecule has 2 heterocycles. The summed E-state index contributed by atoms with van der Waals surface area (Å²) in [5, 5.41) is 11.8. The van der Waals surface area contributed by atoms with Gasteiger partial charge in [-0.05, 0) is 36.9 Å². The van der Waals surface area contributed by atoms with Crippen molar-refractivity contribution in [2.45, 2.75) is 32.4 Å². The molecule has 0 bridgehead atoms. The Balaban J connectivity index is 2.13. The molecule has 0 fully saturated rings. The fraction of sp³-hybridized carbons (Fsp3) is 0.400. The van der Waals surface area contributed by atoms with Crippen molar-refractivity contribution in [2.24, 2.45) is 0 Å². The van der Waals surface area contributed by atoms with E-state index in [-0.39, 0.29) is 0 Å². The Morgan fingerprint density at radius 1 is 1.37 bits per heavy atom. The third-order valence-electron chi connectivity index (χ3n) is 3.44. The van der Waals surface area contributed by atoms with Crippen LogP contribution in [0, 0.1) is 0 Å². The maximum atomic E-state index is 9.74. The van der Waals surface area contributed by atoms with Crippen molar-refractivity contribution in [2.75, 3.05) is 11.9 Å². The standard InChI is InChI=1S/C15H20N2OS/c1-4-14(18)13-8-7-12(10-16-13)17(3)11(2)15-6-5-9-19-15/h5-11,14,18H,4H2,1-3H3/t11?,14-/m0/s1. The SMILES string of the molecule is CC[C@H](O)c1ccc(N(C)C(C)c2cccs2)cn1. The van der Waals surface area contributed by atoms with Crippen LogP contribution in [0.25, 0.3) is 0 Å². The Morgan fingerprint density at radius 2 is 2.16 bits per heavy atom. The maximum absolute atomic E-state index is 9.74. The molecule has 0 spiro atoms. The van der Waals surface area contributed by atoms with E-state index in [1.54, 1.807) is 11.3 Å². The summed E-state index contributed by atoms with van der Waals surface area (Å²) >= 11 is 1.76. The lowest BCUT2D eigenvalue weighted by Crippen LogP contribution is -2.21. The van der Waals surface area contributed by atoms with Gasteiger partial charge in [-0.15, -0.1) is 11.3 Å². The van der Waals surface area contributed by atoms with E-state index in [0.717, 1.165) is 11.4 Å². The zero-order valence-electron chi connectivity index (χ0n) is 11.6. The van der Waals surface area contributed by atoms with Gasteiger partial charge in [-0.2, -0.15) is 0 Å². The molecule has 0 radical (unpaired) electrons. The van der Waals surface area contributed by atoms with Crippen LogP contribution in [0.3, 0.4) is 0 Å². The third kappa shape index (κ3) is 3.14. The molecule has 0 aromatic carbocycles. The van der Waals surface area contributed by atoms with Crippen LogP contribution in [0.15, 0.2) is 35.8 Å². The molecule has 2 aromatic rings. The number of hydrogen-bond acceptors (Lipinski definition) is 4. The van der Waals surface area contributed by atoms with E-state index in [4.69, 9.17) is 0 Å². The first-order chi connectivity index (χ1) is 9.13. The van der Waals surface area contributed by atoms with Gasteiger partial charge >= 0.3 is 0 Å². The van der Waals surface area contributed by atoms with E-state index in [2.05, 4.69) is 41.4 Å². The molecule has 3 nitrogen and oxygen atoms in total. The van der Waals surface area contributed by atoms with Crippen molar-refractivity contribution in [1.82, 2.24) is 4.98 Å². The molecule has 0 amide bonds. The van der Waals surface area contributed by atoms with Crippen LogP contribution in [0.1, 0.15) is 43.0 Å². The van der Waals surface area contributed by atoms with E-state index >= 15 is 0 Å². The molecule has 0 saturated carbocycles. The fourth-order valence-corrected chi connectivity index (χ4v) is 2.78. The average molecular weight is 276 g/mol. The first-order valence-electron chi connectivity index (χ1n) is 6.53. The Hall–Kier alpha value is -1.39. The number of aliphatic hydroxyl groups is 1. The van der Waals surface area contributed by atoms with Gasteiger partial charge in [0.1, 0.15) is 0 Å². The molecule has 0 aliphatic carbocycles. The Bertz CT molecular complexity index is 495. The zero-order chi connectivity index (χ0) is 13.8. The number of aliphatic hydroxyl groups excluding tert-OH is 1. The lowest BCUT2D eigenvalue weighted by Gasteiger charge is -2.26. The quantitative estimate of drug-likeness (QED) is 0.902. The lowest BCUT2D eigenvalue weighted by atomic mass is 10.1. The highest BCUT2D eigenvalue weighted by atomic mass is 32.1. The van der Waals surface area contributed by atoms with Crippen LogP contribution in [0.2, 0.25) is 0 Å². The largest absolute Gasteiger partial charge is 0.387 e. The first kappa shape index (κ1) is 14.0. The summed E-state index contributed by atoms with van der Waals surface area (Å²) in [6, 6.07) is 8.47. The predicted molar refractivity (Wildman–Crippen MR) is 80.6 cm³/mol. The van der Waals surface area contributed by atoms with Crippen LogP contribution in [-0.4, -0.2) is 17.1 Å². The van der Waals surface area contributed by atoms with Crippen LogP contribution in [-0.2, 0) is 0 Å². The summed E-state index contributed by atoms with van der Waals surface area (Å²) in [6.07, 6.45) is 2.06. The lowest BCUT2D eigenvalue weighted by molar-refractivity contribution is 0.169. The van der Waals surface area contributed by atoms with Gasteiger partial charge in [0.2, 0.25) is 0 Å². The molecule has 2 aromatic heterocycles. The van der Waals surface area contributed by atoms with Crippen LogP contribution < -0.4 is 4.90 Å².